The van der Waals surface area contributed by atoms with Gasteiger partial charge in [-0.3, -0.25) is 9.69 Å². The molecule has 7 heteroatoms. The Balaban J connectivity index is 1.34. The summed E-state index contributed by atoms with van der Waals surface area (Å²) in [7, 11) is 0. The molecule has 5 rings (SSSR count). The minimum absolute atomic E-state index is 0.0958. The van der Waals surface area contributed by atoms with Crippen molar-refractivity contribution >= 4 is 17.2 Å². The van der Waals surface area contributed by atoms with Crippen LogP contribution in [0.2, 0.25) is 0 Å². The van der Waals surface area contributed by atoms with E-state index in [1.54, 1.807) is 11.3 Å². The van der Waals surface area contributed by atoms with Crippen LogP contribution in [0.25, 0.3) is 0 Å². The molecule has 39 heavy (non-hydrogen) atoms. The van der Waals surface area contributed by atoms with Crippen LogP contribution < -0.4 is 14.8 Å². The normalized spacial score (nSPS) is 12.3. The number of aromatic nitrogens is 1. The highest BCUT2D eigenvalue weighted by atomic mass is 32.1. The lowest BCUT2D eigenvalue weighted by Gasteiger charge is -2.25. The highest BCUT2D eigenvalue weighted by Gasteiger charge is 2.20. The van der Waals surface area contributed by atoms with Crippen LogP contribution in [-0.2, 0) is 13.1 Å². The number of unbranched alkanes of at least 4 members (excludes halogenated alkanes) is 1. The van der Waals surface area contributed by atoms with Gasteiger partial charge < -0.3 is 14.8 Å². The van der Waals surface area contributed by atoms with E-state index in [0.717, 1.165) is 54.4 Å². The fourth-order valence-corrected chi connectivity index (χ4v) is 5.68. The van der Waals surface area contributed by atoms with Crippen molar-refractivity contribution in [1.82, 2.24) is 15.2 Å². The van der Waals surface area contributed by atoms with Crippen molar-refractivity contribution in [2.45, 2.75) is 45.2 Å². The van der Waals surface area contributed by atoms with E-state index in [4.69, 9.17) is 14.5 Å². The number of benzene rings is 3. The fourth-order valence-electron chi connectivity index (χ4n) is 4.87. The number of thiazole rings is 1. The Labute approximate surface area is 234 Å². The van der Waals surface area contributed by atoms with Crippen LogP contribution >= 0.6 is 11.3 Å². The van der Waals surface area contributed by atoms with Crippen LogP contribution in [0.5, 0.6) is 11.5 Å². The van der Waals surface area contributed by atoms with Gasteiger partial charge in [-0.25, -0.2) is 4.98 Å². The average Bonchev–Trinajstić information content (AvgIpc) is 3.64. The largest absolute Gasteiger partial charge is 0.454 e. The molecule has 0 saturated carbocycles. The van der Waals surface area contributed by atoms with Crippen LogP contribution in [0, 0.1) is 0 Å². The third-order valence-corrected chi connectivity index (χ3v) is 7.77. The first kappa shape index (κ1) is 26.9. The zero-order valence-corrected chi connectivity index (χ0v) is 23.2. The molecule has 1 aromatic heterocycles. The van der Waals surface area contributed by atoms with E-state index in [-0.39, 0.29) is 18.6 Å². The van der Waals surface area contributed by atoms with Gasteiger partial charge in [-0.2, -0.15) is 0 Å². The lowest BCUT2D eigenvalue weighted by Crippen LogP contribution is -2.26. The zero-order valence-electron chi connectivity index (χ0n) is 22.3. The van der Waals surface area contributed by atoms with Gasteiger partial charge in [0.25, 0.3) is 5.91 Å². The number of hydrogen-bond donors (Lipinski definition) is 1. The van der Waals surface area contributed by atoms with Gasteiger partial charge in [0.2, 0.25) is 6.79 Å². The number of amides is 1. The van der Waals surface area contributed by atoms with E-state index < -0.39 is 0 Å². The van der Waals surface area contributed by atoms with E-state index in [2.05, 4.69) is 89.9 Å². The number of ether oxygens (including phenoxy) is 2. The summed E-state index contributed by atoms with van der Waals surface area (Å²) in [6.45, 7) is 5.32. The van der Waals surface area contributed by atoms with Crippen LogP contribution in [0.4, 0.5) is 0 Å². The van der Waals surface area contributed by atoms with Gasteiger partial charge in [0.15, 0.2) is 11.5 Å². The molecule has 1 N–H and O–H groups in total. The monoisotopic (exact) mass is 541 g/mol. The number of carbonyl (C=O) groups is 1. The molecule has 3 aromatic carbocycles. The van der Waals surface area contributed by atoms with Crippen molar-refractivity contribution in [3.8, 4) is 11.5 Å². The van der Waals surface area contributed by atoms with Crippen molar-refractivity contribution in [2.24, 2.45) is 0 Å². The van der Waals surface area contributed by atoms with Gasteiger partial charge in [0, 0.05) is 24.4 Å². The summed E-state index contributed by atoms with van der Waals surface area (Å²) < 4.78 is 11.1. The summed E-state index contributed by atoms with van der Waals surface area (Å²) in [5.41, 5.74) is 4.28. The second kappa shape index (κ2) is 13.4. The summed E-state index contributed by atoms with van der Waals surface area (Å²) in [6, 6.07) is 27.6. The molecule has 1 aliphatic rings. The number of hydrogen-bond acceptors (Lipinski definition) is 6. The maximum Gasteiger partial charge on any atom is 0.270 e. The molecular weight excluding hydrogens is 506 g/mol. The highest BCUT2D eigenvalue weighted by molar-refractivity contribution is 7.09. The first-order valence-electron chi connectivity index (χ1n) is 13.6. The van der Waals surface area contributed by atoms with E-state index in [1.807, 2.05) is 11.4 Å². The summed E-state index contributed by atoms with van der Waals surface area (Å²) in [6.07, 6.45) is 2.97. The SMILES string of the molecule is CCCCNC(=O)c1csc(CN(CCC(c2ccccc2)c2ccccc2)Cc2ccc3c(c2)OCO3)n1. The lowest BCUT2D eigenvalue weighted by atomic mass is 9.88. The predicted octanol–water partition coefficient (Wildman–Crippen LogP) is 6.63. The Morgan fingerprint density at radius 1 is 0.974 bits per heavy atom. The first-order chi connectivity index (χ1) is 19.2. The zero-order chi connectivity index (χ0) is 26.9. The van der Waals surface area contributed by atoms with Crippen LogP contribution in [0.1, 0.15) is 64.3 Å². The number of nitrogens with one attached hydrogen (secondary N) is 1. The second-order valence-electron chi connectivity index (χ2n) is 9.80. The highest BCUT2D eigenvalue weighted by Crippen LogP contribution is 2.33. The Hall–Kier alpha value is -3.68. The Morgan fingerprint density at radius 3 is 2.41 bits per heavy atom. The first-order valence-corrected chi connectivity index (χ1v) is 14.5. The van der Waals surface area contributed by atoms with Gasteiger partial charge in [-0.1, -0.05) is 80.1 Å². The standard InChI is InChI=1S/C32H35N3O3S/c1-2-3-17-33-32(36)28-22-39-31(34-28)21-35(20-24-14-15-29-30(19-24)38-23-37-29)18-16-27(25-10-6-4-7-11-25)26-12-8-5-9-13-26/h4-15,19,22,27H,2-3,16-18,20-21,23H2,1H3,(H,33,36). The maximum absolute atomic E-state index is 12.5. The predicted molar refractivity (Wildman–Crippen MR) is 155 cm³/mol. The van der Waals surface area contributed by atoms with E-state index in [0.29, 0.717) is 18.8 Å². The van der Waals surface area contributed by atoms with Gasteiger partial charge >= 0.3 is 0 Å². The third-order valence-electron chi connectivity index (χ3n) is 6.94. The smallest absolute Gasteiger partial charge is 0.270 e. The molecule has 0 aliphatic carbocycles. The van der Waals surface area contributed by atoms with E-state index >= 15 is 0 Å². The van der Waals surface area contributed by atoms with E-state index in [1.165, 1.54) is 11.1 Å². The molecule has 2 heterocycles. The van der Waals surface area contributed by atoms with E-state index in [9.17, 15) is 4.79 Å². The molecule has 6 nitrogen and oxygen atoms in total. The minimum atomic E-state index is -0.0958. The number of carbonyl (C=O) groups excluding carboxylic acids is 1. The maximum atomic E-state index is 12.5. The van der Waals surface area contributed by atoms with Crippen LogP contribution in [0.15, 0.2) is 84.2 Å². The summed E-state index contributed by atoms with van der Waals surface area (Å²) in [4.78, 5) is 19.6. The van der Waals surface area contributed by atoms with Gasteiger partial charge in [-0.15, -0.1) is 11.3 Å². The molecule has 0 unspecified atom stereocenters. The Kier molecular flexibility index (Phi) is 9.25. The van der Waals surface area contributed by atoms with Crippen molar-refractivity contribution in [3.05, 3.63) is 112 Å². The quantitative estimate of drug-likeness (QED) is 0.193. The lowest BCUT2D eigenvalue weighted by molar-refractivity contribution is 0.0948. The molecule has 0 fully saturated rings. The van der Waals surface area contributed by atoms with Crippen LogP contribution in [0.3, 0.4) is 0 Å². The van der Waals surface area contributed by atoms with Crippen molar-refractivity contribution in [2.75, 3.05) is 19.9 Å². The van der Waals surface area contributed by atoms with Crippen LogP contribution in [-0.4, -0.2) is 35.7 Å². The minimum Gasteiger partial charge on any atom is -0.454 e. The molecule has 202 valence electrons. The number of rotatable bonds is 13. The van der Waals surface area contributed by atoms with Crippen molar-refractivity contribution in [1.29, 1.82) is 0 Å². The number of nitrogens with zero attached hydrogens (tertiary/aromatic N) is 2. The molecule has 1 amide bonds. The topological polar surface area (TPSA) is 63.7 Å². The molecule has 0 atom stereocenters. The summed E-state index contributed by atoms with van der Waals surface area (Å²) in [5, 5.41) is 5.78. The molecule has 0 spiro atoms. The second-order valence-corrected chi connectivity index (χ2v) is 10.7. The molecular formula is C32H35N3O3S. The molecule has 0 saturated heterocycles. The summed E-state index contributed by atoms with van der Waals surface area (Å²) >= 11 is 1.54. The van der Waals surface area contributed by atoms with Gasteiger partial charge in [0.1, 0.15) is 10.7 Å². The van der Waals surface area contributed by atoms with Crippen molar-refractivity contribution in [3.63, 3.8) is 0 Å². The third kappa shape index (κ3) is 7.25. The average molecular weight is 542 g/mol. The summed E-state index contributed by atoms with van der Waals surface area (Å²) in [5.74, 6) is 1.76. The molecule has 0 bridgehead atoms. The van der Waals surface area contributed by atoms with Crippen molar-refractivity contribution < 1.29 is 14.3 Å². The molecule has 1 aliphatic heterocycles. The molecule has 4 aromatic rings. The van der Waals surface area contributed by atoms with Gasteiger partial charge in [0.05, 0.1) is 6.54 Å². The van der Waals surface area contributed by atoms with Gasteiger partial charge in [-0.05, 0) is 48.2 Å². The Bertz CT molecular complexity index is 1300. The molecule has 0 radical (unpaired) electrons. The Morgan fingerprint density at radius 2 is 1.69 bits per heavy atom. The fraction of sp³-hybridized carbons (Fsp3) is 0.312. The number of fused-ring (bicyclic) bond motifs is 1.